The molecule has 1 atom stereocenters. The molecule has 1 aromatic heterocycles. The summed E-state index contributed by atoms with van der Waals surface area (Å²) < 4.78 is 2.33. The lowest BCUT2D eigenvalue weighted by Gasteiger charge is -2.53. The van der Waals surface area contributed by atoms with E-state index in [2.05, 4.69) is 42.2 Å². The molecule has 1 N–H and O–H groups in total. The van der Waals surface area contributed by atoms with E-state index in [-0.39, 0.29) is 0 Å². The van der Waals surface area contributed by atoms with Crippen molar-refractivity contribution in [3.05, 3.63) is 24.0 Å². The van der Waals surface area contributed by atoms with E-state index in [1.54, 1.807) is 0 Å². The molecular weight excluding hydrogens is 208 g/mol. The predicted octanol–water partition coefficient (Wildman–Crippen LogP) is 3.66. The molecule has 0 amide bonds. The van der Waals surface area contributed by atoms with Crippen molar-refractivity contribution in [1.29, 1.82) is 0 Å². The SMILES string of the molecule is CC(C)n1ccc(C2NCC23CCCCC3)c1. The molecule has 0 bridgehead atoms. The van der Waals surface area contributed by atoms with Crippen molar-refractivity contribution >= 4 is 0 Å². The Morgan fingerprint density at radius 3 is 2.59 bits per heavy atom. The quantitative estimate of drug-likeness (QED) is 0.823. The number of rotatable bonds is 2. The van der Waals surface area contributed by atoms with Gasteiger partial charge in [0.2, 0.25) is 0 Å². The van der Waals surface area contributed by atoms with E-state index in [9.17, 15) is 0 Å². The highest BCUT2D eigenvalue weighted by molar-refractivity contribution is 5.23. The average molecular weight is 232 g/mol. The first-order valence-corrected chi connectivity index (χ1v) is 7.12. The van der Waals surface area contributed by atoms with Crippen LogP contribution >= 0.6 is 0 Å². The summed E-state index contributed by atoms with van der Waals surface area (Å²) in [6.07, 6.45) is 11.7. The fourth-order valence-corrected chi connectivity index (χ4v) is 3.61. The highest BCUT2D eigenvalue weighted by Crippen LogP contribution is 2.51. The number of nitrogens with zero attached hydrogens (tertiary/aromatic N) is 1. The molecule has 1 saturated heterocycles. The van der Waals surface area contributed by atoms with Gasteiger partial charge in [-0.05, 0) is 38.3 Å². The van der Waals surface area contributed by atoms with E-state index in [4.69, 9.17) is 0 Å². The van der Waals surface area contributed by atoms with Crippen LogP contribution in [0.5, 0.6) is 0 Å². The normalized spacial score (nSPS) is 27.4. The maximum absolute atomic E-state index is 3.66. The Hall–Kier alpha value is -0.760. The third-order valence-electron chi connectivity index (χ3n) is 4.79. The van der Waals surface area contributed by atoms with Crippen LogP contribution in [-0.2, 0) is 0 Å². The Morgan fingerprint density at radius 1 is 1.29 bits per heavy atom. The van der Waals surface area contributed by atoms with Crippen LogP contribution in [0.4, 0.5) is 0 Å². The average Bonchev–Trinajstić information content (AvgIpc) is 2.78. The molecule has 94 valence electrons. The highest BCUT2D eigenvalue weighted by Gasteiger charge is 2.47. The van der Waals surface area contributed by atoms with E-state index < -0.39 is 0 Å². The fourth-order valence-electron chi connectivity index (χ4n) is 3.61. The third kappa shape index (κ3) is 1.83. The molecule has 0 radical (unpaired) electrons. The van der Waals surface area contributed by atoms with Crippen LogP contribution in [0.3, 0.4) is 0 Å². The molecule has 17 heavy (non-hydrogen) atoms. The fraction of sp³-hybridized carbons (Fsp3) is 0.733. The van der Waals surface area contributed by atoms with E-state index in [1.165, 1.54) is 44.2 Å². The van der Waals surface area contributed by atoms with Crippen LogP contribution in [0.15, 0.2) is 18.5 Å². The Balaban J connectivity index is 1.79. The number of nitrogens with one attached hydrogen (secondary N) is 1. The maximum atomic E-state index is 3.66. The zero-order valence-corrected chi connectivity index (χ0v) is 11.1. The van der Waals surface area contributed by atoms with Gasteiger partial charge in [-0.1, -0.05) is 19.3 Å². The molecule has 1 saturated carbocycles. The van der Waals surface area contributed by atoms with Gasteiger partial charge in [-0.2, -0.15) is 0 Å². The van der Waals surface area contributed by atoms with Crippen molar-refractivity contribution in [3.63, 3.8) is 0 Å². The standard InChI is InChI=1S/C15H24N2/c1-12(2)17-9-6-13(10-17)14-15(11-16-14)7-4-3-5-8-15/h6,9-10,12,14,16H,3-5,7-8,11H2,1-2H3. The third-order valence-corrected chi connectivity index (χ3v) is 4.79. The molecular formula is C15H24N2. The molecule has 1 aliphatic carbocycles. The lowest BCUT2D eigenvalue weighted by molar-refractivity contribution is 0.0360. The molecule has 1 unspecified atom stereocenters. The number of hydrogen-bond acceptors (Lipinski definition) is 1. The Bertz CT molecular complexity index is 385. The van der Waals surface area contributed by atoms with Gasteiger partial charge in [0.25, 0.3) is 0 Å². The van der Waals surface area contributed by atoms with Gasteiger partial charge >= 0.3 is 0 Å². The largest absolute Gasteiger partial charge is 0.351 e. The Labute approximate surface area is 104 Å². The van der Waals surface area contributed by atoms with E-state index in [1.807, 2.05) is 0 Å². The minimum Gasteiger partial charge on any atom is -0.351 e. The Kier molecular flexibility index (Phi) is 2.78. The van der Waals surface area contributed by atoms with Crippen LogP contribution in [0.25, 0.3) is 0 Å². The molecule has 3 rings (SSSR count). The van der Waals surface area contributed by atoms with Crippen molar-refractivity contribution in [2.45, 2.75) is 58.0 Å². The van der Waals surface area contributed by atoms with Crippen LogP contribution in [0.1, 0.15) is 63.6 Å². The molecule has 2 heterocycles. The number of aromatic nitrogens is 1. The Morgan fingerprint density at radius 2 is 2.06 bits per heavy atom. The van der Waals surface area contributed by atoms with Crippen molar-refractivity contribution < 1.29 is 0 Å². The van der Waals surface area contributed by atoms with E-state index >= 15 is 0 Å². The molecule has 2 heteroatoms. The molecule has 2 nitrogen and oxygen atoms in total. The second-order valence-electron chi connectivity index (χ2n) is 6.22. The monoisotopic (exact) mass is 232 g/mol. The summed E-state index contributed by atoms with van der Waals surface area (Å²) in [6.45, 7) is 5.73. The minimum absolute atomic E-state index is 0.575. The van der Waals surface area contributed by atoms with Crippen LogP contribution in [0.2, 0.25) is 0 Å². The zero-order chi connectivity index (χ0) is 11.9. The molecule has 2 aliphatic rings. The van der Waals surface area contributed by atoms with Gasteiger partial charge in [0.1, 0.15) is 0 Å². The smallest absolute Gasteiger partial charge is 0.0404 e. The van der Waals surface area contributed by atoms with E-state index in [0.717, 1.165) is 0 Å². The summed E-state index contributed by atoms with van der Waals surface area (Å²) in [5.41, 5.74) is 2.10. The summed E-state index contributed by atoms with van der Waals surface area (Å²) in [5.74, 6) is 0. The second kappa shape index (κ2) is 4.16. The van der Waals surface area contributed by atoms with Gasteiger partial charge in [0, 0.05) is 36.4 Å². The predicted molar refractivity (Wildman–Crippen MR) is 71.1 cm³/mol. The summed E-state index contributed by atoms with van der Waals surface area (Å²) in [4.78, 5) is 0. The van der Waals surface area contributed by atoms with Gasteiger partial charge in [-0.15, -0.1) is 0 Å². The van der Waals surface area contributed by atoms with Crippen LogP contribution < -0.4 is 5.32 Å². The zero-order valence-electron chi connectivity index (χ0n) is 11.1. The first kappa shape index (κ1) is 11.3. The lowest BCUT2D eigenvalue weighted by Crippen LogP contribution is -2.56. The van der Waals surface area contributed by atoms with Crippen molar-refractivity contribution in [2.24, 2.45) is 5.41 Å². The van der Waals surface area contributed by atoms with E-state index in [0.29, 0.717) is 17.5 Å². The molecule has 1 aromatic rings. The summed E-state index contributed by atoms with van der Waals surface area (Å²) in [6, 6.07) is 3.52. The van der Waals surface area contributed by atoms with Gasteiger partial charge in [0.15, 0.2) is 0 Å². The minimum atomic E-state index is 0.575. The molecule has 1 spiro atoms. The summed E-state index contributed by atoms with van der Waals surface area (Å²) in [5, 5.41) is 3.66. The maximum Gasteiger partial charge on any atom is 0.0404 e. The molecule has 2 fully saturated rings. The molecule has 1 aliphatic heterocycles. The molecule has 0 aromatic carbocycles. The highest BCUT2D eigenvalue weighted by atomic mass is 15.1. The van der Waals surface area contributed by atoms with Crippen LogP contribution in [-0.4, -0.2) is 11.1 Å². The van der Waals surface area contributed by atoms with Crippen LogP contribution in [0, 0.1) is 5.41 Å². The van der Waals surface area contributed by atoms with Gasteiger partial charge in [-0.3, -0.25) is 0 Å². The first-order valence-electron chi connectivity index (χ1n) is 7.12. The van der Waals surface area contributed by atoms with Crippen molar-refractivity contribution in [2.75, 3.05) is 6.54 Å². The second-order valence-corrected chi connectivity index (χ2v) is 6.22. The van der Waals surface area contributed by atoms with Gasteiger partial charge in [-0.25, -0.2) is 0 Å². The summed E-state index contributed by atoms with van der Waals surface area (Å²) in [7, 11) is 0. The number of hydrogen-bond donors (Lipinski definition) is 1. The lowest BCUT2D eigenvalue weighted by atomic mass is 9.63. The van der Waals surface area contributed by atoms with Crippen molar-refractivity contribution in [3.8, 4) is 0 Å². The topological polar surface area (TPSA) is 17.0 Å². The van der Waals surface area contributed by atoms with Gasteiger partial charge in [0.05, 0.1) is 0 Å². The summed E-state index contributed by atoms with van der Waals surface area (Å²) >= 11 is 0. The van der Waals surface area contributed by atoms with Gasteiger partial charge < -0.3 is 9.88 Å². The first-order chi connectivity index (χ1) is 8.21. The van der Waals surface area contributed by atoms with Crippen molar-refractivity contribution in [1.82, 2.24) is 9.88 Å².